The zero-order valence-electron chi connectivity index (χ0n) is 19.9. The van der Waals surface area contributed by atoms with E-state index in [-0.39, 0.29) is 25.7 Å². The van der Waals surface area contributed by atoms with Crippen molar-refractivity contribution in [2.75, 3.05) is 66.9 Å². The molecule has 186 valence electrons. The number of esters is 2. The van der Waals surface area contributed by atoms with Crippen molar-refractivity contribution in [2.45, 2.75) is 37.9 Å². The van der Waals surface area contributed by atoms with Crippen molar-refractivity contribution in [1.29, 1.82) is 0 Å². The van der Waals surface area contributed by atoms with Crippen LogP contribution in [0, 0.1) is 0 Å². The Hall–Kier alpha value is -1.50. The summed E-state index contributed by atoms with van der Waals surface area (Å²) in [6, 6.07) is 0. The minimum absolute atomic E-state index is 0.138. The highest BCUT2D eigenvalue weighted by Crippen LogP contribution is 2.23. The first kappa shape index (κ1) is 30.5. The number of likely N-dealkylation sites (N-methyl/N-ethyl adjacent to an activating group) is 2. The van der Waals surface area contributed by atoms with E-state index < -0.39 is 36.1 Å². The lowest BCUT2D eigenvalue weighted by molar-refractivity contribution is -0.873. The Bertz CT molecular complexity index is 578. The van der Waals surface area contributed by atoms with Crippen LogP contribution in [0.5, 0.6) is 0 Å². The van der Waals surface area contributed by atoms with Crippen LogP contribution in [-0.2, 0) is 28.7 Å². The van der Waals surface area contributed by atoms with E-state index in [2.05, 4.69) is 0 Å². The average Bonchev–Trinajstić information content (AvgIpc) is 2.53. The molecule has 0 fully saturated rings. The van der Waals surface area contributed by atoms with Crippen LogP contribution in [0.25, 0.3) is 0 Å². The van der Waals surface area contributed by atoms with Gasteiger partial charge in [0.1, 0.15) is 13.1 Å². The van der Waals surface area contributed by atoms with Crippen LogP contribution in [0.1, 0.15) is 25.7 Å². The summed E-state index contributed by atoms with van der Waals surface area (Å²) in [6.07, 6.45) is -1.56. The summed E-state index contributed by atoms with van der Waals surface area (Å²) in [5, 5.41) is 18.0. The molecule has 10 nitrogen and oxygen atoms in total. The number of nitrogens with zero attached hydrogens (tertiary/aromatic N) is 2. The van der Waals surface area contributed by atoms with E-state index in [1.807, 2.05) is 42.3 Å². The van der Waals surface area contributed by atoms with Crippen LogP contribution in [0.4, 0.5) is 0 Å². The van der Waals surface area contributed by atoms with Gasteiger partial charge < -0.3 is 28.7 Å². The molecule has 2 N–H and O–H groups in total. The van der Waals surface area contributed by atoms with Crippen LogP contribution in [-0.4, -0.2) is 122 Å². The number of hydrogen-bond donors (Lipinski definition) is 2. The van der Waals surface area contributed by atoms with E-state index in [0.717, 1.165) is 0 Å². The minimum atomic E-state index is -1.01. The van der Waals surface area contributed by atoms with Gasteiger partial charge in [-0.25, -0.2) is 0 Å². The van der Waals surface area contributed by atoms with E-state index in [1.54, 1.807) is 0 Å². The van der Waals surface area contributed by atoms with E-state index >= 15 is 0 Å². The molecule has 0 saturated heterocycles. The van der Waals surface area contributed by atoms with Gasteiger partial charge >= 0.3 is 23.9 Å². The molecule has 2 atom stereocenters. The Labute approximate surface area is 198 Å². The van der Waals surface area contributed by atoms with E-state index in [9.17, 15) is 19.2 Å². The molecule has 0 aliphatic rings. The smallest absolute Gasteiger partial charge is 0.307 e. The minimum Gasteiger partial charge on any atom is -0.481 e. The number of carbonyl (C=O) groups is 4. The van der Waals surface area contributed by atoms with Gasteiger partial charge in [0, 0.05) is 11.5 Å². The fourth-order valence-corrected chi connectivity index (χ4v) is 4.70. The van der Waals surface area contributed by atoms with Gasteiger partial charge in [-0.3, -0.25) is 19.2 Å². The van der Waals surface area contributed by atoms with Crippen LogP contribution in [0.15, 0.2) is 0 Å². The molecular weight excluding hydrogens is 460 g/mol. The van der Waals surface area contributed by atoms with E-state index in [4.69, 9.17) is 19.7 Å². The number of carbonyl (C=O) groups excluding carboxylic acids is 2. The molecular formula is C20H38N2O8S2+2. The fraction of sp³-hybridized carbons (Fsp3) is 0.800. The van der Waals surface area contributed by atoms with Crippen molar-refractivity contribution in [3.63, 3.8) is 0 Å². The summed E-state index contributed by atoms with van der Waals surface area (Å²) < 4.78 is 11.6. The van der Waals surface area contributed by atoms with Gasteiger partial charge in [0.15, 0.2) is 12.2 Å². The maximum absolute atomic E-state index is 12.0. The second-order valence-electron chi connectivity index (χ2n) is 9.51. The van der Waals surface area contributed by atoms with Crippen molar-refractivity contribution < 1.29 is 47.8 Å². The number of aliphatic carboxylic acids is 2. The largest absolute Gasteiger partial charge is 0.481 e. The molecule has 32 heavy (non-hydrogen) atoms. The Balaban J connectivity index is 4.20. The highest BCUT2D eigenvalue weighted by molar-refractivity contribution is 8.76. The lowest BCUT2D eigenvalue weighted by Crippen LogP contribution is -2.43. The lowest BCUT2D eigenvalue weighted by Gasteiger charge is -2.28. The SMILES string of the molecule is C[N+](C)(C)CC(CC(=O)O)OC(=O)CCSSCCC(=O)OC(CC(=O)O)C[N+](C)(C)C. The van der Waals surface area contributed by atoms with Gasteiger partial charge in [0.25, 0.3) is 0 Å². The second kappa shape index (κ2) is 14.6. The monoisotopic (exact) mass is 498 g/mol. The lowest BCUT2D eigenvalue weighted by atomic mass is 10.2. The van der Waals surface area contributed by atoms with Crippen LogP contribution < -0.4 is 0 Å². The Morgan fingerprint density at radius 3 is 1.25 bits per heavy atom. The summed E-state index contributed by atoms with van der Waals surface area (Å²) >= 11 is 0. The molecule has 0 rings (SSSR count). The topological polar surface area (TPSA) is 127 Å². The van der Waals surface area contributed by atoms with Crippen molar-refractivity contribution in [2.24, 2.45) is 0 Å². The summed E-state index contributed by atoms with van der Waals surface area (Å²) in [5.41, 5.74) is 0. The van der Waals surface area contributed by atoms with Crippen LogP contribution >= 0.6 is 21.6 Å². The Kier molecular flexibility index (Phi) is 13.9. The molecule has 0 aromatic rings. The maximum Gasteiger partial charge on any atom is 0.307 e. The fourth-order valence-electron chi connectivity index (χ4n) is 2.76. The number of quaternary nitrogens is 2. The third kappa shape index (κ3) is 19.2. The number of ether oxygens (including phenoxy) is 2. The highest BCUT2D eigenvalue weighted by atomic mass is 33.1. The first-order valence-corrected chi connectivity index (χ1v) is 12.7. The third-order valence-electron chi connectivity index (χ3n) is 3.77. The van der Waals surface area contributed by atoms with Gasteiger partial charge in [0.2, 0.25) is 0 Å². The number of hydrogen-bond acceptors (Lipinski definition) is 8. The number of carboxylic acids is 2. The van der Waals surface area contributed by atoms with Crippen molar-refractivity contribution in [3.05, 3.63) is 0 Å². The molecule has 0 amide bonds. The maximum atomic E-state index is 12.0. The molecule has 0 aliphatic carbocycles. The Morgan fingerprint density at radius 1 is 0.688 bits per heavy atom. The standard InChI is InChI=1S/C20H36N2O8S2/c1-21(2,3)13-15(11-17(23)24)29-19(27)7-9-31-32-10-8-20(28)30-16(12-18(25)26)14-22(4,5)6/h15-16H,7-14H2,1-6H3/p+2. The molecule has 0 aromatic heterocycles. The first-order chi connectivity index (χ1) is 14.6. The third-order valence-corrected chi connectivity index (χ3v) is 6.17. The van der Waals surface area contributed by atoms with Crippen molar-refractivity contribution in [1.82, 2.24) is 0 Å². The molecule has 0 spiro atoms. The van der Waals surface area contributed by atoms with Gasteiger partial charge in [-0.05, 0) is 0 Å². The van der Waals surface area contributed by atoms with Gasteiger partial charge in [0.05, 0.1) is 68.0 Å². The summed E-state index contributed by atoms with van der Waals surface area (Å²) in [5.74, 6) is -2.00. The Morgan fingerprint density at radius 2 is 1.00 bits per heavy atom. The second-order valence-corrected chi connectivity index (χ2v) is 12.2. The van der Waals surface area contributed by atoms with Gasteiger partial charge in [-0.1, -0.05) is 21.6 Å². The van der Waals surface area contributed by atoms with E-state index in [0.29, 0.717) is 33.6 Å². The molecule has 0 heterocycles. The molecule has 0 aromatic carbocycles. The summed E-state index contributed by atoms with van der Waals surface area (Å²) in [6.45, 7) is 0.804. The normalized spacial score (nSPS) is 13.8. The zero-order valence-corrected chi connectivity index (χ0v) is 21.5. The number of rotatable bonds is 17. The first-order valence-electron chi connectivity index (χ1n) is 10.3. The summed E-state index contributed by atoms with van der Waals surface area (Å²) in [7, 11) is 14.2. The molecule has 0 saturated carbocycles. The molecule has 0 bridgehead atoms. The number of carboxylic acid groups (broad SMARTS) is 2. The predicted molar refractivity (Wildman–Crippen MR) is 124 cm³/mol. The van der Waals surface area contributed by atoms with Crippen molar-refractivity contribution >= 4 is 45.5 Å². The van der Waals surface area contributed by atoms with Crippen LogP contribution in [0.3, 0.4) is 0 Å². The highest BCUT2D eigenvalue weighted by Gasteiger charge is 2.25. The van der Waals surface area contributed by atoms with Crippen LogP contribution in [0.2, 0.25) is 0 Å². The van der Waals surface area contributed by atoms with Gasteiger partial charge in [-0.2, -0.15) is 0 Å². The molecule has 0 radical (unpaired) electrons. The summed E-state index contributed by atoms with van der Waals surface area (Å²) in [4.78, 5) is 46.0. The zero-order chi connectivity index (χ0) is 24.9. The molecule has 2 unspecified atom stereocenters. The molecule has 0 aliphatic heterocycles. The quantitative estimate of drug-likeness (QED) is 0.131. The van der Waals surface area contributed by atoms with Crippen molar-refractivity contribution in [3.8, 4) is 0 Å². The average molecular weight is 499 g/mol. The van der Waals surface area contributed by atoms with E-state index in [1.165, 1.54) is 21.6 Å². The molecule has 12 heteroatoms. The van der Waals surface area contributed by atoms with Gasteiger partial charge in [-0.15, -0.1) is 0 Å². The predicted octanol–water partition coefficient (Wildman–Crippen LogP) is 1.33.